The van der Waals surface area contributed by atoms with Crippen molar-refractivity contribution >= 4 is 28.7 Å². The first-order valence-corrected chi connectivity index (χ1v) is 9.54. The second kappa shape index (κ2) is 8.52. The summed E-state index contributed by atoms with van der Waals surface area (Å²) < 4.78 is 19.4. The number of nitrogens with zero attached hydrogens (tertiary/aromatic N) is 3. The normalized spacial score (nSPS) is 14.2. The summed E-state index contributed by atoms with van der Waals surface area (Å²) in [6, 6.07) is 8.93. The summed E-state index contributed by atoms with van der Waals surface area (Å²) >= 11 is 5.60. The number of hydrogen-bond acceptors (Lipinski definition) is 4. The molecule has 3 rings (SSSR count). The average molecular weight is 389 g/mol. The van der Waals surface area contributed by atoms with E-state index in [0.717, 1.165) is 36.5 Å². The average Bonchev–Trinajstić information content (AvgIpc) is 2.69. The third kappa shape index (κ3) is 4.30. The minimum absolute atomic E-state index is 0.186. The molecule has 1 fully saturated rings. The number of halogens is 1. The van der Waals surface area contributed by atoms with Crippen LogP contribution in [0, 0.1) is 12.7 Å². The van der Waals surface area contributed by atoms with Gasteiger partial charge in [0.25, 0.3) is 0 Å². The van der Waals surface area contributed by atoms with E-state index in [0.29, 0.717) is 29.8 Å². The van der Waals surface area contributed by atoms with Gasteiger partial charge in [-0.05, 0) is 49.3 Å². The summed E-state index contributed by atoms with van der Waals surface area (Å²) in [6.45, 7) is 6.95. The predicted octanol–water partition coefficient (Wildman–Crippen LogP) is 3.62. The Balaban J connectivity index is 1.66. The highest BCUT2D eigenvalue weighted by Gasteiger charge is 2.22. The molecule has 27 heavy (non-hydrogen) atoms. The Kier molecular flexibility index (Phi) is 6.11. The topological polar surface area (TPSA) is 40.6 Å². The fourth-order valence-electron chi connectivity index (χ4n) is 3.28. The number of para-hydroxylation sites is 1. The van der Waals surface area contributed by atoms with Crippen molar-refractivity contribution in [3.8, 4) is 5.88 Å². The first kappa shape index (κ1) is 19.4. The lowest BCUT2D eigenvalue weighted by Gasteiger charge is -2.37. The van der Waals surface area contributed by atoms with Crippen LogP contribution in [-0.4, -0.2) is 48.3 Å². The fourth-order valence-corrected chi connectivity index (χ4v) is 3.57. The van der Waals surface area contributed by atoms with Gasteiger partial charge in [0.1, 0.15) is 11.5 Å². The molecule has 0 atom stereocenters. The maximum absolute atomic E-state index is 14.0. The van der Waals surface area contributed by atoms with E-state index in [9.17, 15) is 4.39 Å². The third-order valence-electron chi connectivity index (χ3n) is 4.86. The van der Waals surface area contributed by atoms with Crippen LogP contribution in [0.15, 0.2) is 30.3 Å². The van der Waals surface area contributed by atoms with E-state index < -0.39 is 0 Å². The Bertz CT molecular complexity index is 822. The molecule has 0 aliphatic carbocycles. The number of pyridine rings is 1. The summed E-state index contributed by atoms with van der Waals surface area (Å²) in [7, 11) is 1.61. The van der Waals surface area contributed by atoms with Gasteiger partial charge >= 0.3 is 0 Å². The minimum Gasteiger partial charge on any atom is -0.480 e. The number of anilines is 2. The zero-order valence-electron chi connectivity index (χ0n) is 16.0. The van der Waals surface area contributed by atoms with Crippen LogP contribution in [0.5, 0.6) is 5.88 Å². The van der Waals surface area contributed by atoms with Crippen molar-refractivity contribution in [3.05, 3.63) is 47.4 Å². The van der Waals surface area contributed by atoms with Gasteiger partial charge in [-0.2, -0.15) is 0 Å². The molecule has 5 nitrogen and oxygen atoms in total. The number of aryl methyl sites for hydroxylation is 2. The molecular formula is C20H25FN4OS. The zero-order valence-corrected chi connectivity index (χ0v) is 16.8. The van der Waals surface area contributed by atoms with Crippen molar-refractivity contribution in [2.75, 3.05) is 43.5 Å². The van der Waals surface area contributed by atoms with E-state index >= 15 is 0 Å². The van der Waals surface area contributed by atoms with Crippen LogP contribution < -0.4 is 15.0 Å². The quantitative estimate of drug-likeness (QED) is 0.807. The summed E-state index contributed by atoms with van der Waals surface area (Å²) in [5, 5.41) is 3.91. The first-order chi connectivity index (χ1) is 13.0. The lowest BCUT2D eigenvalue weighted by atomic mass is 10.1. The van der Waals surface area contributed by atoms with Crippen LogP contribution in [0.25, 0.3) is 0 Å². The third-order valence-corrected chi connectivity index (χ3v) is 5.22. The zero-order chi connectivity index (χ0) is 19.4. The van der Waals surface area contributed by atoms with Crippen LogP contribution in [0.4, 0.5) is 15.8 Å². The fraction of sp³-hybridized carbons (Fsp3) is 0.400. The smallest absolute Gasteiger partial charge is 0.237 e. The van der Waals surface area contributed by atoms with Crippen molar-refractivity contribution < 1.29 is 9.13 Å². The van der Waals surface area contributed by atoms with Crippen molar-refractivity contribution in [2.24, 2.45) is 0 Å². The molecule has 7 heteroatoms. The standard InChI is InChI=1S/C20H25FN4OS/c1-4-15-13-17(19(26-3)22-14(15)2)23-20(27)25-11-9-24(10-12-25)18-8-6-5-7-16(18)21/h5-8,13H,4,9-12H2,1-3H3,(H,23,27). The largest absolute Gasteiger partial charge is 0.480 e. The number of rotatable bonds is 4. The summed E-state index contributed by atoms with van der Waals surface area (Å²) in [4.78, 5) is 8.66. The number of ether oxygens (including phenoxy) is 1. The van der Waals surface area contributed by atoms with Gasteiger partial charge < -0.3 is 19.9 Å². The highest BCUT2D eigenvalue weighted by molar-refractivity contribution is 7.80. The molecule has 1 aromatic heterocycles. The molecule has 1 aliphatic rings. The van der Waals surface area contributed by atoms with E-state index in [1.165, 1.54) is 6.07 Å². The SMILES string of the molecule is CCc1cc(NC(=S)N2CCN(c3ccccc3F)CC2)c(OC)nc1C. The van der Waals surface area contributed by atoms with Crippen molar-refractivity contribution in [2.45, 2.75) is 20.3 Å². The summed E-state index contributed by atoms with van der Waals surface area (Å²) in [6.07, 6.45) is 0.894. The van der Waals surface area contributed by atoms with Crippen molar-refractivity contribution in [1.82, 2.24) is 9.88 Å². The molecule has 1 saturated heterocycles. The molecule has 0 spiro atoms. The van der Waals surface area contributed by atoms with Gasteiger partial charge in [0.15, 0.2) is 5.11 Å². The van der Waals surface area contributed by atoms with Gasteiger partial charge in [-0.15, -0.1) is 0 Å². The molecule has 0 radical (unpaired) electrons. The Hall–Kier alpha value is -2.41. The molecule has 0 bridgehead atoms. The summed E-state index contributed by atoms with van der Waals surface area (Å²) in [5.74, 6) is 0.353. The molecule has 2 heterocycles. The number of aromatic nitrogens is 1. The molecule has 0 saturated carbocycles. The van der Waals surface area contributed by atoms with Gasteiger partial charge in [0, 0.05) is 31.9 Å². The number of thiocarbonyl (C=S) groups is 1. The van der Waals surface area contributed by atoms with Crippen molar-refractivity contribution in [1.29, 1.82) is 0 Å². The predicted molar refractivity (Wildman–Crippen MR) is 111 cm³/mol. The Morgan fingerprint density at radius 2 is 1.96 bits per heavy atom. The lowest BCUT2D eigenvalue weighted by molar-refractivity contribution is 0.386. The van der Waals surface area contributed by atoms with Crippen LogP contribution in [0.3, 0.4) is 0 Å². The minimum atomic E-state index is -0.186. The molecule has 144 valence electrons. The number of piperazine rings is 1. The highest BCUT2D eigenvalue weighted by Crippen LogP contribution is 2.26. The van der Waals surface area contributed by atoms with E-state index in [1.54, 1.807) is 13.2 Å². The van der Waals surface area contributed by atoms with Gasteiger partial charge in [-0.1, -0.05) is 19.1 Å². The van der Waals surface area contributed by atoms with Gasteiger partial charge in [0.2, 0.25) is 5.88 Å². The number of nitrogens with one attached hydrogen (secondary N) is 1. The van der Waals surface area contributed by atoms with E-state index in [4.69, 9.17) is 17.0 Å². The Labute approximate surface area is 165 Å². The number of benzene rings is 1. The van der Waals surface area contributed by atoms with E-state index in [-0.39, 0.29) is 5.82 Å². The van der Waals surface area contributed by atoms with E-state index in [1.807, 2.05) is 25.1 Å². The second-order valence-corrected chi connectivity index (χ2v) is 6.89. The first-order valence-electron chi connectivity index (χ1n) is 9.13. The number of hydrogen-bond donors (Lipinski definition) is 1. The highest BCUT2D eigenvalue weighted by atomic mass is 32.1. The monoisotopic (exact) mass is 388 g/mol. The Morgan fingerprint density at radius 1 is 1.26 bits per heavy atom. The maximum Gasteiger partial charge on any atom is 0.237 e. The molecule has 0 unspecified atom stereocenters. The van der Waals surface area contributed by atoms with Gasteiger partial charge in [-0.25, -0.2) is 9.37 Å². The van der Waals surface area contributed by atoms with Crippen LogP contribution in [-0.2, 0) is 6.42 Å². The molecule has 1 aromatic carbocycles. The van der Waals surface area contributed by atoms with Crippen LogP contribution >= 0.6 is 12.2 Å². The van der Waals surface area contributed by atoms with Gasteiger partial charge in [-0.3, -0.25) is 0 Å². The molecule has 0 amide bonds. The molecule has 1 N–H and O–H groups in total. The Morgan fingerprint density at radius 3 is 2.59 bits per heavy atom. The molecular weight excluding hydrogens is 363 g/mol. The molecule has 2 aromatic rings. The second-order valence-electron chi connectivity index (χ2n) is 6.50. The lowest BCUT2D eigenvalue weighted by Crippen LogP contribution is -2.50. The van der Waals surface area contributed by atoms with Crippen LogP contribution in [0.1, 0.15) is 18.2 Å². The van der Waals surface area contributed by atoms with Crippen molar-refractivity contribution in [3.63, 3.8) is 0 Å². The number of methoxy groups -OCH3 is 1. The molecule has 1 aliphatic heterocycles. The van der Waals surface area contributed by atoms with Crippen LogP contribution in [0.2, 0.25) is 0 Å². The van der Waals surface area contributed by atoms with Gasteiger partial charge in [0.05, 0.1) is 12.8 Å². The summed E-state index contributed by atoms with van der Waals surface area (Å²) in [5.41, 5.74) is 3.55. The van der Waals surface area contributed by atoms with E-state index in [2.05, 4.69) is 27.0 Å². The maximum atomic E-state index is 14.0.